The van der Waals surface area contributed by atoms with E-state index in [9.17, 15) is 9.59 Å². The Bertz CT molecular complexity index is 472. The molecule has 0 aromatic heterocycles. The average Bonchev–Trinajstić information content (AvgIpc) is 2.71. The van der Waals surface area contributed by atoms with Crippen molar-refractivity contribution in [3.63, 3.8) is 0 Å². The van der Waals surface area contributed by atoms with Crippen LogP contribution in [0.5, 0.6) is 0 Å². The number of aliphatic carboxylic acids is 1. The second-order valence-corrected chi connectivity index (χ2v) is 4.95. The summed E-state index contributed by atoms with van der Waals surface area (Å²) < 4.78 is 0. The SMILES string of the molecule is CC(c1ccc(Cl)cc1)N1CC(C(=O)O)CC1=O. The van der Waals surface area contributed by atoms with Crippen molar-refractivity contribution in [2.75, 3.05) is 6.54 Å². The van der Waals surface area contributed by atoms with Gasteiger partial charge in [-0.1, -0.05) is 23.7 Å². The number of carbonyl (C=O) groups is 2. The van der Waals surface area contributed by atoms with E-state index in [-0.39, 0.29) is 24.9 Å². The molecule has 2 atom stereocenters. The molecule has 1 aromatic rings. The van der Waals surface area contributed by atoms with E-state index in [0.717, 1.165) is 5.56 Å². The molecule has 18 heavy (non-hydrogen) atoms. The molecule has 1 aromatic carbocycles. The van der Waals surface area contributed by atoms with Crippen molar-refractivity contribution in [3.8, 4) is 0 Å². The fraction of sp³-hybridized carbons (Fsp3) is 0.385. The van der Waals surface area contributed by atoms with Crippen LogP contribution in [0.3, 0.4) is 0 Å². The minimum absolute atomic E-state index is 0.0905. The third-order valence-electron chi connectivity index (χ3n) is 3.33. The monoisotopic (exact) mass is 267 g/mol. The van der Waals surface area contributed by atoms with Crippen LogP contribution in [-0.2, 0) is 9.59 Å². The first-order valence-corrected chi connectivity index (χ1v) is 6.14. The van der Waals surface area contributed by atoms with Crippen molar-refractivity contribution < 1.29 is 14.7 Å². The predicted octanol–water partition coefficient (Wildman–Crippen LogP) is 2.33. The zero-order chi connectivity index (χ0) is 13.3. The number of carboxylic acids is 1. The highest BCUT2D eigenvalue weighted by atomic mass is 35.5. The number of rotatable bonds is 3. The van der Waals surface area contributed by atoms with Crippen LogP contribution in [0.4, 0.5) is 0 Å². The van der Waals surface area contributed by atoms with Gasteiger partial charge in [-0.25, -0.2) is 0 Å². The van der Waals surface area contributed by atoms with Gasteiger partial charge in [0.2, 0.25) is 5.91 Å². The summed E-state index contributed by atoms with van der Waals surface area (Å²) in [6.45, 7) is 2.17. The van der Waals surface area contributed by atoms with Gasteiger partial charge in [0.1, 0.15) is 0 Å². The summed E-state index contributed by atoms with van der Waals surface area (Å²) in [6.07, 6.45) is 0.0905. The van der Waals surface area contributed by atoms with Gasteiger partial charge in [0, 0.05) is 18.0 Å². The zero-order valence-electron chi connectivity index (χ0n) is 9.97. The maximum Gasteiger partial charge on any atom is 0.308 e. The smallest absolute Gasteiger partial charge is 0.308 e. The van der Waals surface area contributed by atoms with Crippen LogP contribution >= 0.6 is 11.6 Å². The Kier molecular flexibility index (Phi) is 3.57. The molecule has 0 saturated carbocycles. The van der Waals surface area contributed by atoms with Gasteiger partial charge in [0.15, 0.2) is 0 Å². The van der Waals surface area contributed by atoms with Crippen LogP contribution in [0, 0.1) is 5.92 Å². The topological polar surface area (TPSA) is 57.6 Å². The van der Waals surface area contributed by atoms with Crippen molar-refractivity contribution in [3.05, 3.63) is 34.9 Å². The Balaban J connectivity index is 2.14. The van der Waals surface area contributed by atoms with Gasteiger partial charge in [-0.3, -0.25) is 9.59 Å². The number of amides is 1. The molecule has 0 bridgehead atoms. The number of carbonyl (C=O) groups excluding carboxylic acids is 1. The normalized spacial score (nSPS) is 21.1. The molecule has 0 aliphatic carbocycles. The lowest BCUT2D eigenvalue weighted by atomic mass is 10.1. The predicted molar refractivity (Wildman–Crippen MR) is 67.3 cm³/mol. The van der Waals surface area contributed by atoms with Crippen LogP contribution in [0.15, 0.2) is 24.3 Å². The third kappa shape index (κ3) is 2.48. The summed E-state index contributed by atoms with van der Waals surface area (Å²) in [4.78, 5) is 24.3. The molecule has 0 radical (unpaired) electrons. The molecule has 2 rings (SSSR count). The molecule has 96 valence electrons. The quantitative estimate of drug-likeness (QED) is 0.914. The molecule has 1 aliphatic rings. The Morgan fingerprint density at radius 3 is 2.56 bits per heavy atom. The lowest BCUT2D eigenvalue weighted by molar-refractivity contribution is -0.141. The Labute approximate surface area is 110 Å². The van der Waals surface area contributed by atoms with E-state index >= 15 is 0 Å². The van der Waals surface area contributed by atoms with E-state index in [2.05, 4.69) is 0 Å². The van der Waals surface area contributed by atoms with Crippen LogP contribution in [0.2, 0.25) is 5.02 Å². The summed E-state index contributed by atoms with van der Waals surface area (Å²) in [5.41, 5.74) is 0.957. The Hall–Kier alpha value is -1.55. The highest BCUT2D eigenvalue weighted by molar-refractivity contribution is 6.30. The largest absolute Gasteiger partial charge is 0.481 e. The van der Waals surface area contributed by atoms with Crippen LogP contribution in [0.1, 0.15) is 24.9 Å². The maximum atomic E-state index is 11.8. The first-order chi connectivity index (χ1) is 8.49. The fourth-order valence-electron chi connectivity index (χ4n) is 2.19. The van der Waals surface area contributed by atoms with E-state index < -0.39 is 11.9 Å². The van der Waals surface area contributed by atoms with Gasteiger partial charge in [0.25, 0.3) is 0 Å². The summed E-state index contributed by atoms with van der Waals surface area (Å²) in [6, 6.07) is 7.12. The number of halogens is 1. The van der Waals surface area contributed by atoms with Crippen LogP contribution in [-0.4, -0.2) is 28.4 Å². The Morgan fingerprint density at radius 1 is 1.44 bits per heavy atom. The van der Waals surface area contributed by atoms with Crippen molar-refractivity contribution in [2.24, 2.45) is 5.92 Å². The average molecular weight is 268 g/mol. The van der Waals surface area contributed by atoms with Gasteiger partial charge in [-0.15, -0.1) is 0 Å². The minimum atomic E-state index is -0.908. The molecule has 5 heteroatoms. The summed E-state index contributed by atoms with van der Waals surface area (Å²) in [7, 11) is 0. The first-order valence-electron chi connectivity index (χ1n) is 5.76. The zero-order valence-corrected chi connectivity index (χ0v) is 10.7. The van der Waals surface area contributed by atoms with Crippen molar-refractivity contribution in [1.29, 1.82) is 0 Å². The highest BCUT2D eigenvalue weighted by Gasteiger charge is 2.36. The van der Waals surface area contributed by atoms with Crippen LogP contribution < -0.4 is 0 Å². The molecule has 0 spiro atoms. The summed E-state index contributed by atoms with van der Waals surface area (Å²) in [5, 5.41) is 9.58. The van der Waals surface area contributed by atoms with Crippen molar-refractivity contribution >= 4 is 23.5 Å². The molecule has 1 saturated heterocycles. The van der Waals surface area contributed by atoms with Crippen molar-refractivity contribution in [1.82, 2.24) is 4.90 Å². The summed E-state index contributed by atoms with van der Waals surface area (Å²) in [5.74, 6) is -1.61. The molecule has 1 amide bonds. The second-order valence-electron chi connectivity index (χ2n) is 4.51. The molecular formula is C13H14ClNO3. The van der Waals surface area contributed by atoms with E-state index in [1.54, 1.807) is 17.0 Å². The molecule has 2 unspecified atom stereocenters. The standard InChI is InChI=1S/C13H14ClNO3/c1-8(9-2-4-11(14)5-3-9)15-7-10(13(17)18)6-12(15)16/h2-5,8,10H,6-7H2,1H3,(H,17,18). The first kappa shape index (κ1) is 12.9. The Morgan fingerprint density at radius 2 is 2.06 bits per heavy atom. The molecule has 1 N–H and O–H groups in total. The van der Waals surface area contributed by atoms with Gasteiger partial charge in [-0.05, 0) is 24.6 Å². The van der Waals surface area contributed by atoms with E-state index in [1.165, 1.54) is 0 Å². The maximum absolute atomic E-state index is 11.8. The molecule has 1 aliphatic heterocycles. The van der Waals surface area contributed by atoms with E-state index in [1.807, 2.05) is 19.1 Å². The number of hydrogen-bond donors (Lipinski definition) is 1. The number of carboxylic acid groups (broad SMARTS) is 1. The lowest BCUT2D eigenvalue weighted by Gasteiger charge is -2.25. The second kappa shape index (κ2) is 4.98. The van der Waals surface area contributed by atoms with Gasteiger partial charge in [-0.2, -0.15) is 0 Å². The number of hydrogen-bond acceptors (Lipinski definition) is 2. The van der Waals surface area contributed by atoms with Gasteiger partial charge in [0.05, 0.1) is 12.0 Å². The fourth-order valence-corrected chi connectivity index (χ4v) is 2.32. The van der Waals surface area contributed by atoms with E-state index in [0.29, 0.717) is 5.02 Å². The number of benzene rings is 1. The van der Waals surface area contributed by atoms with Gasteiger partial charge >= 0.3 is 5.97 Å². The number of nitrogens with zero attached hydrogens (tertiary/aromatic N) is 1. The molecular weight excluding hydrogens is 254 g/mol. The minimum Gasteiger partial charge on any atom is -0.481 e. The summed E-state index contributed by atoms with van der Waals surface area (Å²) >= 11 is 5.81. The highest BCUT2D eigenvalue weighted by Crippen LogP contribution is 2.29. The van der Waals surface area contributed by atoms with Crippen LogP contribution in [0.25, 0.3) is 0 Å². The molecule has 4 nitrogen and oxygen atoms in total. The molecule has 1 heterocycles. The van der Waals surface area contributed by atoms with E-state index in [4.69, 9.17) is 16.7 Å². The molecule has 1 fully saturated rings. The van der Waals surface area contributed by atoms with Gasteiger partial charge < -0.3 is 10.0 Å². The number of likely N-dealkylation sites (tertiary alicyclic amines) is 1. The third-order valence-corrected chi connectivity index (χ3v) is 3.58. The lowest BCUT2D eigenvalue weighted by Crippen LogP contribution is -2.29. The van der Waals surface area contributed by atoms with Crippen molar-refractivity contribution in [2.45, 2.75) is 19.4 Å².